The molecule has 0 amide bonds. The molecule has 2 aromatic carbocycles. The van der Waals surface area contributed by atoms with E-state index >= 15 is 0 Å². The zero-order valence-corrected chi connectivity index (χ0v) is 16.6. The summed E-state index contributed by atoms with van der Waals surface area (Å²) in [6.45, 7) is 1.17. The van der Waals surface area contributed by atoms with Crippen LogP contribution in [0.2, 0.25) is 5.02 Å². The fourth-order valence-electron chi connectivity index (χ4n) is 3.36. The molecule has 0 atom stereocenters. The first kappa shape index (κ1) is 19.7. The number of carboxylic acids is 1. The van der Waals surface area contributed by atoms with E-state index in [-0.39, 0.29) is 23.7 Å². The molecule has 1 N–H and O–H groups in total. The zero-order valence-electron chi connectivity index (χ0n) is 15.0. The van der Waals surface area contributed by atoms with Gasteiger partial charge < -0.3 is 14.4 Å². The molecule has 1 saturated heterocycles. The molecule has 10 heteroatoms. The maximum Gasteiger partial charge on any atom is 0.371 e. The highest BCUT2D eigenvalue weighted by atomic mass is 35.5. The van der Waals surface area contributed by atoms with Crippen LogP contribution >= 0.6 is 11.6 Å². The van der Waals surface area contributed by atoms with E-state index in [0.29, 0.717) is 34.8 Å². The summed E-state index contributed by atoms with van der Waals surface area (Å²) in [5.74, 6) is -1.99. The number of hydrogen-bond acceptors (Lipinski definition) is 5. The number of furan rings is 1. The lowest BCUT2D eigenvalue weighted by molar-refractivity contribution is 0.0665. The number of aromatic carboxylic acids is 1. The number of rotatable bonds is 4. The highest BCUT2D eigenvalue weighted by Gasteiger charge is 2.30. The van der Waals surface area contributed by atoms with E-state index < -0.39 is 21.8 Å². The summed E-state index contributed by atoms with van der Waals surface area (Å²) in [6.07, 6.45) is 0. The van der Waals surface area contributed by atoms with E-state index in [0.717, 1.165) is 6.07 Å². The van der Waals surface area contributed by atoms with Gasteiger partial charge in [-0.3, -0.25) is 0 Å². The van der Waals surface area contributed by atoms with Crippen LogP contribution in [-0.2, 0) is 10.0 Å². The monoisotopic (exact) mass is 438 g/mol. The molecule has 1 fully saturated rings. The molecule has 7 nitrogen and oxygen atoms in total. The lowest BCUT2D eigenvalue weighted by Gasteiger charge is -2.35. The molecule has 0 radical (unpaired) electrons. The molecular formula is C19H16ClFN2O5S. The second-order valence-corrected chi connectivity index (χ2v) is 8.89. The molecule has 3 aromatic rings. The van der Waals surface area contributed by atoms with E-state index in [1.807, 2.05) is 4.90 Å². The highest BCUT2D eigenvalue weighted by molar-refractivity contribution is 7.89. The number of sulfonamides is 1. The summed E-state index contributed by atoms with van der Waals surface area (Å²) in [4.78, 5) is 12.9. The Bertz CT molecular complexity index is 1200. The first-order valence-electron chi connectivity index (χ1n) is 8.73. The maximum atomic E-state index is 13.4. The Morgan fingerprint density at radius 2 is 1.83 bits per heavy atom. The summed E-state index contributed by atoms with van der Waals surface area (Å²) >= 11 is 6.46. The van der Waals surface area contributed by atoms with E-state index in [4.69, 9.17) is 21.1 Å². The van der Waals surface area contributed by atoms with Gasteiger partial charge in [-0.1, -0.05) is 17.7 Å². The first-order valence-corrected chi connectivity index (χ1v) is 10.5. The molecule has 1 aliphatic rings. The van der Waals surface area contributed by atoms with Gasteiger partial charge in [-0.2, -0.15) is 4.31 Å². The van der Waals surface area contributed by atoms with Crippen molar-refractivity contribution in [3.8, 4) is 0 Å². The number of nitrogens with zero attached hydrogens (tertiary/aromatic N) is 2. The summed E-state index contributed by atoms with van der Waals surface area (Å²) in [5.41, 5.74) is 1.03. The van der Waals surface area contributed by atoms with Gasteiger partial charge in [0.15, 0.2) is 0 Å². The summed E-state index contributed by atoms with van der Waals surface area (Å²) in [5, 5.41) is 9.91. The number of hydrogen-bond donors (Lipinski definition) is 1. The lowest BCUT2D eigenvalue weighted by atomic mass is 10.2. The van der Waals surface area contributed by atoms with E-state index in [1.165, 1.54) is 28.6 Å². The van der Waals surface area contributed by atoms with Crippen LogP contribution in [-0.4, -0.2) is 50.0 Å². The largest absolute Gasteiger partial charge is 0.475 e. The van der Waals surface area contributed by atoms with Crippen LogP contribution in [0.5, 0.6) is 0 Å². The number of anilines is 1. The average Bonchev–Trinajstić information content (AvgIpc) is 3.14. The fraction of sp³-hybridized carbons (Fsp3) is 0.211. The van der Waals surface area contributed by atoms with E-state index in [9.17, 15) is 17.6 Å². The Labute approximate surface area is 170 Å². The number of benzene rings is 2. The Kier molecular flexibility index (Phi) is 4.97. The van der Waals surface area contributed by atoms with Crippen LogP contribution in [0.25, 0.3) is 11.0 Å². The van der Waals surface area contributed by atoms with Crippen molar-refractivity contribution in [2.45, 2.75) is 4.90 Å². The standard InChI is InChI=1S/C19H16ClFN2O5S/c20-18-14-11-17(19(24)25)28-16(14)5-4-15(18)22-6-8-23(9-7-22)29(26,27)13-3-1-2-12(21)10-13/h1-5,10-11H,6-9H2,(H,24,25). The minimum atomic E-state index is -3.79. The van der Waals surface area contributed by atoms with Gasteiger partial charge in [-0.05, 0) is 30.3 Å². The number of piperazine rings is 1. The second kappa shape index (κ2) is 7.33. The zero-order chi connectivity index (χ0) is 20.8. The van der Waals surface area contributed by atoms with Gasteiger partial charge in [0, 0.05) is 37.6 Å². The SMILES string of the molecule is O=C(O)c1cc2c(Cl)c(N3CCN(S(=O)(=O)c4cccc(F)c4)CC3)ccc2o1. The van der Waals surface area contributed by atoms with Crippen LogP contribution in [0, 0.1) is 5.82 Å². The quantitative estimate of drug-likeness (QED) is 0.671. The fourth-order valence-corrected chi connectivity index (χ4v) is 5.15. The minimum Gasteiger partial charge on any atom is -0.475 e. The van der Waals surface area contributed by atoms with Crippen LogP contribution in [0.4, 0.5) is 10.1 Å². The smallest absolute Gasteiger partial charge is 0.371 e. The van der Waals surface area contributed by atoms with E-state index in [1.54, 1.807) is 12.1 Å². The van der Waals surface area contributed by atoms with Gasteiger partial charge in [0.1, 0.15) is 11.4 Å². The van der Waals surface area contributed by atoms with Crippen molar-refractivity contribution in [2.24, 2.45) is 0 Å². The van der Waals surface area contributed by atoms with Crippen LogP contribution < -0.4 is 4.90 Å². The molecule has 152 valence electrons. The third-order valence-corrected chi connectivity index (χ3v) is 7.13. The molecule has 0 unspecified atom stereocenters. The molecule has 1 aliphatic heterocycles. The molecule has 0 aliphatic carbocycles. The van der Waals surface area contributed by atoms with Gasteiger partial charge in [0.25, 0.3) is 0 Å². The number of fused-ring (bicyclic) bond motifs is 1. The Hall–Kier alpha value is -2.62. The van der Waals surface area contributed by atoms with Crippen molar-refractivity contribution >= 4 is 44.3 Å². The molecular weight excluding hydrogens is 423 g/mol. The van der Waals surface area contributed by atoms with Crippen LogP contribution in [0.1, 0.15) is 10.6 Å². The minimum absolute atomic E-state index is 0.0787. The molecule has 2 heterocycles. The predicted octanol–water partition coefficient (Wildman–Crippen LogP) is 3.43. The van der Waals surface area contributed by atoms with Crippen LogP contribution in [0.3, 0.4) is 0 Å². The Morgan fingerprint density at radius 1 is 1.10 bits per heavy atom. The van der Waals surface area contributed by atoms with Crippen LogP contribution in [0.15, 0.2) is 51.8 Å². The number of carboxylic acid groups (broad SMARTS) is 1. The average molecular weight is 439 g/mol. The molecule has 0 saturated carbocycles. The molecule has 0 spiro atoms. The van der Waals surface area contributed by atoms with Gasteiger partial charge in [-0.15, -0.1) is 0 Å². The predicted molar refractivity (Wildman–Crippen MR) is 106 cm³/mol. The topological polar surface area (TPSA) is 91.1 Å². The van der Waals surface area contributed by atoms with Crippen molar-refractivity contribution in [3.05, 3.63) is 59.1 Å². The van der Waals surface area contributed by atoms with Gasteiger partial charge in [0.2, 0.25) is 15.8 Å². The molecule has 0 bridgehead atoms. The maximum absolute atomic E-state index is 13.4. The van der Waals surface area contributed by atoms with Crippen molar-refractivity contribution in [1.82, 2.24) is 4.31 Å². The third-order valence-electron chi connectivity index (χ3n) is 4.84. The Balaban J connectivity index is 1.55. The van der Waals surface area contributed by atoms with Crippen molar-refractivity contribution in [2.75, 3.05) is 31.1 Å². The molecule has 29 heavy (non-hydrogen) atoms. The summed E-state index contributed by atoms with van der Waals surface area (Å²) in [6, 6.07) is 9.66. The molecule has 1 aromatic heterocycles. The normalized spacial score (nSPS) is 15.7. The number of halogens is 2. The molecule has 4 rings (SSSR count). The van der Waals surface area contributed by atoms with Crippen molar-refractivity contribution in [3.63, 3.8) is 0 Å². The summed E-state index contributed by atoms with van der Waals surface area (Å²) in [7, 11) is -3.79. The Morgan fingerprint density at radius 3 is 2.48 bits per heavy atom. The van der Waals surface area contributed by atoms with E-state index in [2.05, 4.69) is 0 Å². The highest BCUT2D eigenvalue weighted by Crippen LogP contribution is 2.36. The lowest BCUT2D eigenvalue weighted by Crippen LogP contribution is -2.48. The van der Waals surface area contributed by atoms with Gasteiger partial charge >= 0.3 is 5.97 Å². The van der Waals surface area contributed by atoms with Crippen molar-refractivity contribution < 1.29 is 27.1 Å². The van der Waals surface area contributed by atoms with Crippen molar-refractivity contribution in [1.29, 1.82) is 0 Å². The third kappa shape index (κ3) is 3.57. The van der Waals surface area contributed by atoms with Gasteiger partial charge in [0.05, 0.1) is 15.6 Å². The second-order valence-electron chi connectivity index (χ2n) is 6.57. The van der Waals surface area contributed by atoms with Gasteiger partial charge in [-0.25, -0.2) is 17.6 Å². The number of carbonyl (C=O) groups is 1. The first-order chi connectivity index (χ1) is 13.8. The summed E-state index contributed by atoms with van der Waals surface area (Å²) < 4.78 is 45.5.